The standard InChI is InChI=1S/C18H16ClNO6/c1-11-3-6-14(19)17(7-11)25-10-18(22)26-9-16(21)13-5-4-12(2)15(8-13)20(23)24/h3-8H,9-10H2,1-2H3. The van der Waals surface area contributed by atoms with E-state index in [1.807, 2.05) is 6.92 Å². The molecule has 0 unspecified atom stereocenters. The van der Waals surface area contributed by atoms with E-state index < -0.39 is 29.9 Å². The van der Waals surface area contributed by atoms with Crippen molar-refractivity contribution >= 4 is 29.0 Å². The molecule has 0 aliphatic rings. The van der Waals surface area contributed by atoms with Crippen LogP contribution in [0.5, 0.6) is 5.75 Å². The Morgan fingerprint density at radius 2 is 1.85 bits per heavy atom. The molecule has 0 amide bonds. The largest absolute Gasteiger partial charge is 0.480 e. The summed E-state index contributed by atoms with van der Waals surface area (Å²) in [5, 5.41) is 11.3. The average molecular weight is 378 g/mol. The highest BCUT2D eigenvalue weighted by molar-refractivity contribution is 6.32. The fourth-order valence-electron chi connectivity index (χ4n) is 2.11. The van der Waals surface area contributed by atoms with Gasteiger partial charge in [-0.3, -0.25) is 14.9 Å². The highest BCUT2D eigenvalue weighted by Gasteiger charge is 2.16. The molecule has 2 aromatic rings. The summed E-state index contributed by atoms with van der Waals surface area (Å²) in [4.78, 5) is 34.1. The van der Waals surface area contributed by atoms with E-state index in [0.717, 1.165) is 11.6 Å². The Balaban J connectivity index is 1.91. The first-order valence-electron chi connectivity index (χ1n) is 7.60. The minimum Gasteiger partial charge on any atom is -0.480 e. The Labute approximate surface area is 154 Å². The molecule has 0 N–H and O–H groups in total. The number of halogens is 1. The third kappa shape index (κ3) is 5.03. The average Bonchev–Trinajstić information content (AvgIpc) is 2.60. The van der Waals surface area contributed by atoms with Crippen LogP contribution in [0.3, 0.4) is 0 Å². The van der Waals surface area contributed by atoms with Gasteiger partial charge in [0, 0.05) is 17.2 Å². The van der Waals surface area contributed by atoms with E-state index in [-0.39, 0.29) is 11.3 Å². The summed E-state index contributed by atoms with van der Waals surface area (Å²) >= 11 is 5.95. The molecule has 0 bridgehead atoms. The first kappa shape index (κ1) is 19.4. The summed E-state index contributed by atoms with van der Waals surface area (Å²) in [6.07, 6.45) is 0. The molecule has 0 aliphatic heterocycles. The van der Waals surface area contributed by atoms with E-state index in [9.17, 15) is 19.7 Å². The van der Waals surface area contributed by atoms with E-state index in [1.54, 1.807) is 25.1 Å². The molecular weight excluding hydrogens is 362 g/mol. The van der Waals surface area contributed by atoms with Gasteiger partial charge in [-0.1, -0.05) is 29.8 Å². The number of hydrogen-bond acceptors (Lipinski definition) is 6. The molecule has 0 saturated heterocycles. The van der Waals surface area contributed by atoms with Gasteiger partial charge in [0.25, 0.3) is 5.69 Å². The van der Waals surface area contributed by atoms with Crippen LogP contribution >= 0.6 is 11.6 Å². The van der Waals surface area contributed by atoms with Crippen molar-refractivity contribution in [2.75, 3.05) is 13.2 Å². The van der Waals surface area contributed by atoms with E-state index in [1.165, 1.54) is 12.1 Å². The molecule has 8 heteroatoms. The highest BCUT2D eigenvalue weighted by Crippen LogP contribution is 2.25. The SMILES string of the molecule is Cc1ccc(Cl)c(OCC(=O)OCC(=O)c2ccc(C)c([N+](=O)[O-])c2)c1. The molecule has 0 spiro atoms. The number of nitro benzene ring substituents is 1. The van der Waals surface area contributed by atoms with Crippen molar-refractivity contribution in [3.63, 3.8) is 0 Å². The zero-order valence-electron chi connectivity index (χ0n) is 14.2. The lowest BCUT2D eigenvalue weighted by Gasteiger charge is -2.09. The van der Waals surface area contributed by atoms with Crippen LogP contribution in [0.25, 0.3) is 0 Å². The number of ketones is 1. The number of carbonyl (C=O) groups is 2. The molecular formula is C18H16ClNO6. The predicted octanol–water partition coefficient (Wildman–Crippen LogP) is 3.67. The van der Waals surface area contributed by atoms with Gasteiger partial charge < -0.3 is 9.47 Å². The summed E-state index contributed by atoms with van der Waals surface area (Å²) in [5.41, 5.74) is 1.28. The summed E-state index contributed by atoms with van der Waals surface area (Å²) < 4.78 is 10.1. The normalized spacial score (nSPS) is 10.3. The molecule has 0 fully saturated rings. The molecule has 0 heterocycles. The zero-order valence-corrected chi connectivity index (χ0v) is 14.9. The lowest BCUT2D eigenvalue weighted by atomic mass is 10.1. The maximum absolute atomic E-state index is 12.0. The van der Waals surface area contributed by atoms with Crippen LogP contribution < -0.4 is 4.74 Å². The Bertz CT molecular complexity index is 865. The van der Waals surface area contributed by atoms with Crippen molar-refractivity contribution in [2.45, 2.75) is 13.8 Å². The third-order valence-corrected chi connectivity index (χ3v) is 3.84. The van der Waals surface area contributed by atoms with Gasteiger partial charge in [0.2, 0.25) is 5.78 Å². The van der Waals surface area contributed by atoms with E-state index >= 15 is 0 Å². The molecule has 0 radical (unpaired) electrons. The zero-order chi connectivity index (χ0) is 19.3. The quantitative estimate of drug-likeness (QED) is 0.316. The van der Waals surface area contributed by atoms with Gasteiger partial charge in [0.05, 0.1) is 9.95 Å². The summed E-state index contributed by atoms with van der Waals surface area (Å²) in [5.74, 6) is -0.961. The van der Waals surface area contributed by atoms with E-state index in [4.69, 9.17) is 21.1 Å². The van der Waals surface area contributed by atoms with E-state index in [0.29, 0.717) is 16.3 Å². The van der Waals surface area contributed by atoms with Crippen LogP contribution in [0, 0.1) is 24.0 Å². The fraction of sp³-hybridized carbons (Fsp3) is 0.222. The van der Waals surface area contributed by atoms with Crippen molar-refractivity contribution in [1.82, 2.24) is 0 Å². The number of esters is 1. The number of ether oxygens (including phenoxy) is 2. The van der Waals surface area contributed by atoms with Gasteiger partial charge in [0.15, 0.2) is 13.2 Å². The van der Waals surface area contributed by atoms with Crippen LogP contribution in [0.2, 0.25) is 5.02 Å². The molecule has 0 aliphatic carbocycles. The van der Waals surface area contributed by atoms with Crippen molar-refractivity contribution in [1.29, 1.82) is 0 Å². The fourth-order valence-corrected chi connectivity index (χ4v) is 2.28. The topological polar surface area (TPSA) is 95.7 Å². The number of benzene rings is 2. The van der Waals surface area contributed by atoms with Crippen LogP contribution in [-0.4, -0.2) is 29.9 Å². The second-order valence-electron chi connectivity index (χ2n) is 5.56. The summed E-state index contributed by atoms with van der Waals surface area (Å²) in [6.45, 7) is 2.47. The van der Waals surface area contributed by atoms with Gasteiger partial charge in [-0.15, -0.1) is 0 Å². The van der Waals surface area contributed by atoms with E-state index in [2.05, 4.69) is 0 Å². The maximum atomic E-state index is 12.0. The second kappa shape index (κ2) is 8.44. The summed E-state index contributed by atoms with van der Waals surface area (Å²) in [6, 6.07) is 9.19. The van der Waals surface area contributed by atoms with Gasteiger partial charge >= 0.3 is 5.97 Å². The number of nitrogens with zero attached hydrogens (tertiary/aromatic N) is 1. The first-order chi connectivity index (χ1) is 12.3. The summed E-state index contributed by atoms with van der Waals surface area (Å²) in [7, 11) is 0. The molecule has 0 atom stereocenters. The minimum absolute atomic E-state index is 0.0951. The van der Waals surface area contributed by atoms with Gasteiger partial charge in [-0.25, -0.2) is 4.79 Å². The van der Waals surface area contributed by atoms with Gasteiger partial charge in [0.1, 0.15) is 5.75 Å². The smallest absolute Gasteiger partial charge is 0.344 e. The molecule has 2 aromatic carbocycles. The number of hydrogen-bond donors (Lipinski definition) is 0. The molecule has 136 valence electrons. The number of carbonyl (C=O) groups excluding carboxylic acids is 2. The first-order valence-corrected chi connectivity index (χ1v) is 7.98. The molecule has 0 saturated carbocycles. The molecule has 0 aromatic heterocycles. The molecule has 2 rings (SSSR count). The number of aryl methyl sites for hydroxylation is 2. The lowest BCUT2D eigenvalue weighted by Crippen LogP contribution is -2.19. The Kier molecular flexibility index (Phi) is 6.30. The Morgan fingerprint density at radius 3 is 2.54 bits per heavy atom. The molecule has 26 heavy (non-hydrogen) atoms. The highest BCUT2D eigenvalue weighted by atomic mass is 35.5. The Hall–Kier alpha value is -2.93. The number of Topliss-reactive ketones (excluding diaryl/α,β-unsaturated/α-hetero) is 1. The van der Waals surface area contributed by atoms with Crippen molar-refractivity contribution in [3.8, 4) is 5.75 Å². The Morgan fingerprint density at radius 1 is 1.12 bits per heavy atom. The number of rotatable bonds is 7. The predicted molar refractivity (Wildman–Crippen MR) is 94.8 cm³/mol. The van der Waals surface area contributed by atoms with Crippen LogP contribution in [0.4, 0.5) is 5.69 Å². The monoisotopic (exact) mass is 377 g/mol. The maximum Gasteiger partial charge on any atom is 0.344 e. The van der Waals surface area contributed by atoms with Crippen molar-refractivity contribution < 1.29 is 24.0 Å². The van der Waals surface area contributed by atoms with Gasteiger partial charge in [-0.2, -0.15) is 0 Å². The number of nitro groups is 1. The third-order valence-electron chi connectivity index (χ3n) is 3.52. The van der Waals surface area contributed by atoms with Gasteiger partial charge in [-0.05, 0) is 31.5 Å². The van der Waals surface area contributed by atoms with Crippen molar-refractivity contribution in [3.05, 3.63) is 68.2 Å². The van der Waals surface area contributed by atoms with Crippen LogP contribution in [0.1, 0.15) is 21.5 Å². The van der Waals surface area contributed by atoms with Crippen LogP contribution in [0.15, 0.2) is 36.4 Å². The lowest BCUT2D eigenvalue weighted by molar-refractivity contribution is -0.385. The van der Waals surface area contributed by atoms with Crippen molar-refractivity contribution in [2.24, 2.45) is 0 Å². The molecule has 7 nitrogen and oxygen atoms in total. The minimum atomic E-state index is -0.752. The van der Waals surface area contributed by atoms with Crippen LogP contribution in [-0.2, 0) is 9.53 Å². The second-order valence-corrected chi connectivity index (χ2v) is 5.97.